The average molecular weight is 397 g/mol. The van der Waals surface area contributed by atoms with Crippen LogP contribution >= 0.6 is 0 Å². The maximum atomic E-state index is 11.0. The fourth-order valence-corrected chi connectivity index (χ4v) is 4.93. The predicted octanol–water partition coefficient (Wildman–Crippen LogP) is 5.45. The largest absolute Gasteiger partial charge is 0.269 e. The van der Waals surface area contributed by atoms with Crippen LogP contribution in [0.15, 0.2) is 71.7 Å². The molecule has 0 aromatic heterocycles. The minimum atomic E-state index is -0.351. The molecule has 5 rings (SSSR count). The highest BCUT2D eigenvalue weighted by molar-refractivity contribution is 6.08. The molecular formula is C25H23N3O2. The Morgan fingerprint density at radius 2 is 1.53 bits per heavy atom. The summed E-state index contributed by atoms with van der Waals surface area (Å²) in [5.41, 5.74) is 8.49. The van der Waals surface area contributed by atoms with Crippen LogP contribution in [0, 0.1) is 30.9 Å². The van der Waals surface area contributed by atoms with E-state index in [1.165, 1.54) is 22.3 Å². The first kappa shape index (κ1) is 18.7. The summed E-state index contributed by atoms with van der Waals surface area (Å²) in [5.74, 6) is 0. The predicted molar refractivity (Wildman–Crippen MR) is 118 cm³/mol. The number of non-ortho nitro benzene ring substituents is 1. The molecule has 0 aliphatic carbocycles. The molecule has 2 aliphatic rings. The first-order valence-corrected chi connectivity index (χ1v) is 10.2. The van der Waals surface area contributed by atoms with Crippen molar-refractivity contribution in [3.63, 3.8) is 0 Å². The first-order valence-electron chi connectivity index (χ1n) is 10.2. The molecule has 0 spiro atoms. The Balaban J connectivity index is 1.58. The molecule has 150 valence electrons. The van der Waals surface area contributed by atoms with E-state index in [4.69, 9.17) is 4.99 Å². The van der Waals surface area contributed by atoms with Gasteiger partial charge in [0, 0.05) is 12.1 Å². The van der Waals surface area contributed by atoms with E-state index in [9.17, 15) is 10.1 Å². The molecule has 4 unspecified atom stereocenters. The number of fused-ring (bicyclic) bond motifs is 1. The van der Waals surface area contributed by atoms with Gasteiger partial charge in [0.2, 0.25) is 0 Å². The van der Waals surface area contributed by atoms with E-state index in [0.29, 0.717) is 0 Å². The molecule has 1 fully saturated rings. The highest BCUT2D eigenvalue weighted by Crippen LogP contribution is 2.56. The second-order valence-corrected chi connectivity index (χ2v) is 8.25. The van der Waals surface area contributed by atoms with E-state index in [0.717, 1.165) is 16.8 Å². The van der Waals surface area contributed by atoms with Crippen LogP contribution in [0.5, 0.6) is 0 Å². The second kappa shape index (κ2) is 6.89. The molecule has 0 saturated carbocycles. The number of hydrogen-bond acceptors (Lipinski definition) is 4. The van der Waals surface area contributed by atoms with E-state index in [-0.39, 0.29) is 28.9 Å². The van der Waals surface area contributed by atoms with Crippen molar-refractivity contribution in [1.82, 2.24) is 4.90 Å². The molecular weight excluding hydrogens is 374 g/mol. The highest BCUT2D eigenvalue weighted by atomic mass is 16.6. The van der Waals surface area contributed by atoms with Crippen LogP contribution in [-0.2, 0) is 0 Å². The Morgan fingerprint density at radius 3 is 2.13 bits per heavy atom. The standard InChI is InChI=1S/C25H23N3O2/c1-15-13-16(2)21(17(3)14-15)25-26-22(18-7-5-4-6-8-18)24-23(27(24)25)19-9-11-20(12-10-19)28(29)30/h4-14,23-25H,1-3H3. The smallest absolute Gasteiger partial charge is 0.263 e. The number of nitro groups is 1. The van der Waals surface area contributed by atoms with Gasteiger partial charge >= 0.3 is 0 Å². The maximum Gasteiger partial charge on any atom is 0.269 e. The molecule has 0 amide bonds. The maximum absolute atomic E-state index is 11.0. The molecule has 2 heterocycles. The summed E-state index contributed by atoms with van der Waals surface area (Å²) < 4.78 is 0. The monoisotopic (exact) mass is 397 g/mol. The summed E-state index contributed by atoms with van der Waals surface area (Å²) in [5, 5.41) is 11.0. The van der Waals surface area contributed by atoms with Crippen LogP contribution in [0.25, 0.3) is 0 Å². The first-order chi connectivity index (χ1) is 14.5. The number of rotatable bonds is 4. The van der Waals surface area contributed by atoms with E-state index < -0.39 is 0 Å². The molecule has 5 heteroatoms. The number of aliphatic imine (C=N–C) groups is 1. The Labute approximate surface area is 175 Å². The van der Waals surface area contributed by atoms with Crippen LogP contribution < -0.4 is 0 Å². The van der Waals surface area contributed by atoms with Crippen molar-refractivity contribution in [2.24, 2.45) is 4.99 Å². The molecule has 2 aliphatic heterocycles. The van der Waals surface area contributed by atoms with Gasteiger partial charge in [-0.1, -0.05) is 60.2 Å². The molecule has 4 atom stereocenters. The van der Waals surface area contributed by atoms with Gasteiger partial charge in [-0.2, -0.15) is 0 Å². The van der Waals surface area contributed by atoms with Crippen LogP contribution in [0.2, 0.25) is 0 Å². The van der Waals surface area contributed by atoms with Gasteiger partial charge in [0.05, 0.1) is 22.7 Å². The third-order valence-corrected chi connectivity index (χ3v) is 6.19. The fraction of sp³-hybridized carbons (Fsp3) is 0.240. The summed E-state index contributed by atoms with van der Waals surface area (Å²) >= 11 is 0. The molecule has 5 nitrogen and oxygen atoms in total. The molecule has 30 heavy (non-hydrogen) atoms. The summed E-state index contributed by atoms with van der Waals surface area (Å²) in [6.07, 6.45) is -0.0361. The van der Waals surface area contributed by atoms with Crippen LogP contribution in [0.4, 0.5) is 5.69 Å². The van der Waals surface area contributed by atoms with Crippen LogP contribution in [0.1, 0.15) is 45.6 Å². The SMILES string of the molecule is Cc1cc(C)c(C2N=C(c3ccccc3)C3C(c4ccc([N+](=O)[O-])cc4)N23)c(C)c1. The number of aryl methyl sites for hydroxylation is 3. The topological polar surface area (TPSA) is 58.5 Å². The van der Waals surface area contributed by atoms with Crippen molar-refractivity contribution in [3.05, 3.63) is 110 Å². The van der Waals surface area contributed by atoms with Crippen molar-refractivity contribution >= 4 is 11.4 Å². The zero-order valence-corrected chi connectivity index (χ0v) is 17.2. The van der Waals surface area contributed by atoms with Gasteiger partial charge in [0.1, 0.15) is 6.17 Å². The lowest BCUT2D eigenvalue weighted by Crippen LogP contribution is -2.10. The van der Waals surface area contributed by atoms with Gasteiger partial charge in [-0.15, -0.1) is 0 Å². The van der Waals surface area contributed by atoms with Crippen molar-refractivity contribution in [3.8, 4) is 0 Å². The van der Waals surface area contributed by atoms with Gasteiger partial charge in [-0.3, -0.25) is 20.0 Å². The normalized spacial score (nSPS) is 24.3. The van der Waals surface area contributed by atoms with Gasteiger partial charge in [0.25, 0.3) is 5.69 Å². The average Bonchev–Trinajstić information content (AvgIpc) is 3.34. The van der Waals surface area contributed by atoms with Crippen molar-refractivity contribution in [1.29, 1.82) is 0 Å². The minimum absolute atomic E-state index is 0.0361. The number of nitrogens with zero attached hydrogens (tertiary/aromatic N) is 3. The summed E-state index contributed by atoms with van der Waals surface area (Å²) in [6.45, 7) is 6.44. The molecule has 0 N–H and O–H groups in total. The molecule has 3 aromatic carbocycles. The van der Waals surface area contributed by atoms with Crippen molar-refractivity contribution in [2.75, 3.05) is 0 Å². The Kier molecular flexibility index (Phi) is 4.29. The van der Waals surface area contributed by atoms with Gasteiger partial charge in [0.15, 0.2) is 0 Å². The molecule has 0 bridgehead atoms. The Morgan fingerprint density at radius 1 is 0.900 bits per heavy atom. The van der Waals surface area contributed by atoms with E-state index in [1.54, 1.807) is 12.1 Å². The van der Waals surface area contributed by atoms with Crippen molar-refractivity contribution in [2.45, 2.75) is 39.0 Å². The Bertz CT molecular complexity index is 1150. The van der Waals surface area contributed by atoms with Gasteiger partial charge in [-0.05, 0) is 48.6 Å². The van der Waals surface area contributed by atoms with Crippen LogP contribution in [-0.4, -0.2) is 21.6 Å². The van der Waals surface area contributed by atoms with Gasteiger partial charge < -0.3 is 0 Å². The lowest BCUT2D eigenvalue weighted by molar-refractivity contribution is -0.384. The van der Waals surface area contributed by atoms with E-state index >= 15 is 0 Å². The number of benzene rings is 3. The molecule has 0 radical (unpaired) electrons. The molecule has 3 aromatic rings. The zero-order chi connectivity index (χ0) is 21.0. The highest BCUT2D eigenvalue weighted by Gasteiger charge is 2.59. The second-order valence-electron chi connectivity index (χ2n) is 8.25. The lowest BCUT2D eigenvalue weighted by Gasteiger charge is -2.20. The van der Waals surface area contributed by atoms with Gasteiger partial charge in [-0.25, -0.2) is 0 Å². The third kappa shape index (κ3) is 2.94. The summed E-state index contributed by atoms with van der Waals surface area (Å²) in [7, 11) is 0. The third-order valence-electron chi connectivity index (χ3n) is 6.19. The van der Waals surface area contributed by atoms with E-state index in [2.05, 4.69) is 49.9 Å². The fourth-order valence-electron chi connectivity index (χ4n) is 4.93. The zero-order valence-electron chi connectivity index (χ0n) is 17.2. The Hall–Kier alpha value is -3.31. The minimum Gasteiger partial charge on any atom is -0.263 e. The lowest BCUT2D eigenvalue weighted by atomic mass is 9.97. The summed E-state index contributed by atoms with van der Waals surface area (Å²) in [4.78, 5) is 18.3. The molecule has 1 saturated heterocycles. The number of hydrogen-bond donors (Lipinski definition) is 0. The quantitative estimate of drug-likeness (QED) is 0.334. The summed E-state index contributed by atoms with van der Waals surface area (Å²) in [6, 6.07) is 22.1. The van der Waals surface area contributed by atoms with Crippen molar-refractivity contribution < 1.29 is 4.92 Å². The number of nitro benzene ring substituents is 1. The van der Waals surface area contributed by atoms with Crippen LogP contribution in [0.3, 0.4) is 0 Å². The van der Waals surface area contributed by atoms with E-state index in [1.807, 2.05) is 30.3 Å².